The summed E-state index contributed by atoms with van der Waals surface area (Å²) in [7, 11) is 0. The molecule has 0 aliphatic heterocycles. The third-order valence-electron chi connectivity index (χ3n) is 4.24. The summed E-state index contributed by atoms with van der Waals surface area (Å²) in [5.41, 5.74) is 8.36. The summed E-state index contributed by atoms with van der Waals surface area (Å²) in [6.07, 6.45) is 2.30. The molecule has 0 bridgehead atoms. The van der Waals surface area contributed by atoms with Gasteiger partial charge < -0.3 is 16.2 Å². The number of primary amides is 1. The lowest BCUT2D eigenvalue weighted by molar-refractivity contribution is 0.0691. The summed E-state index contributed by atoms with van der Waals surface area (Å²) >= 11 is 0. The van der Waals surface area contributed by atoms with E-state index in [1.54, 1.807) is 6.07 Å². The minimum Gasteiger partial charge on any atom is -0.478 e. The second kappa shape index (κ2) is 6.12. The smallest absolute Gasteiger partial charge is 0.336 e. The monoisotopic (exact) mass is 310 g/mol. The number of aromatic carboxylic acids is 1. The highest BCUT2D eigenvalue weighted by atomic mass is 16.4. The predicted molar refractivity (Wildman–Crippen MR) is 87.8 cm³/mol. The first-order valence-electron chi connectivity index (χ1n) is 7.55. The average Bonchev–Trinajstić information content (AvgIpc) is 2.54. The third kappa shape index (κ3) is 3.04. The van der Waals surface area contributed by atoms with Crippen molar-refractivity contribution in [1.82, 2.24) is 0 Å². The maximum Gasteiger partial charge on any atom is 0.336 e. The Hall–Kier alpha value is -2.82. The second-order valence-electron chi connectivity index (χ2n) is 5.75. The molecule has 3 rings (SSSR count). The number of aryl methyl sites for hydroxylation is 1. The van der Waals surface area contributed by atoms with Crippen molar-refractivity contribution >= 4 is 17.6 Å². The zero-order valence-corrected chi connectivity index (χ0v) is 12.6. The molecule has 1 aliphatic carbocycles. The number of carboxylic acid groups (broad SMARTS) is 1. The van der Waals surface area contributed by atoms with Gasteiger partial charge in [0.2, 0.25) is 5.91 Å². The molecule has 5 heteroatoms. The van der Waals surface area contributed by atoms with Gasteiger partial charge >= 0.3 is 5.97 Å². The number of carboxylic acids is 1. The van der Waals surface area contributed by atoms with Crippen LogP contribution in [0.5, 0.6) is 0 Å². The molecule has 118 valence electrons. The Morgan fingerprint density at radius 1 is 1.13 bits per heavy atom. The normalized spacial score (nSPS) is 16.4. The van der Waals surface area contributed by atoms with E-state index in [4.69, 9.17) is 5.73 Å². The molecular formula is C18H18N2O3. The van der Waals surface area contributed by atoms with Crippen LogP contribution in [-0.2, 0) is 12.8 Å². The minimum atomic E-state index is -1.13. The molecule has 0 aromatic heterocycles. The Bertz CT molecular complexity index is 756. The Kier molecular flexibility index (Phi) is 4.02. The SMILES string of the molecule is NC(=O)c1c(C(=O)O)ccc2c1CC(Nc1ccccc1)CC2. The number of nitrogens with two attached hydrogens (primary N) is 1. The molecule has 0 spiro atoms. The van der Waals surface area contributed by atoms with Crippen LogP contribution in [-0.4, -0.2) is 23.0 Å². The maximum absolute atomic E-state index is 11.8. The number of para-hydroxylation sites is 1. The number of hydrogen-bond acceptors (Lipinski definition) is 3. The fourth-order valence-electron chi connectivity index (χ4n) is 3.19. The molecule has 2 aromatic rings. The van der Waals surface area contributed by atoms with E-state index < -0.39 is 11.9 Å². The quantitative estimate of drug-likeness (QED) is 0.808. The first kappa shape index (κ1) is 15.1. The number of benzene rings is 2. The van der Waals surface area contributed by atoms with Crippen molar-refractivity contribution in [2.75, 3.05) is 5.32 Å². The number of carbonyl (C=O) groups is 2. The lowest BCUT2D eigenvalue weighted by Gasteiger charge is -2.28. The Morgan fingerprint density at radius 3 is 2.52 bits per heavy atom. The standard InChI is InChI=1S/C18H18N2O3/c19-17(21)16-14(18(22)23)9-7-11-6-8-13(10-15(11)16)20-12-4-2-1-3-5-12/h1-5,7,9,13,20H,6,8,10H2,(H2,19,21)(H,22,23). The Labute approximate surface area is 134 Å². The summed E-state index contributed by atoms with van der Waals surface area (Å²) in [6, 6.07) is 13.2. The van der Waals surface area contributed by atoms with E-state index in [0.29, 0.717) is 6.42 Å². The number of anilines is 1. The Balaban J connectivity index is 1.93. The highest BCUT2D eigenvalue weighted by Gasteiger charge is 2.26. The van der Waals surface area contributed by atoms with Crippen LogP contribution in [0.15, 0.2) is 42.5 Å². The Morgan fingerprint density at radius 2 is 1.87 bits per heavy atom. The first-order chi connectivity index (χ1) is 11.1. The van der Waals surface area contributed by atoms with Crippen LogP contribution in [0.25, 0.3) is 0 Å². The van der Waals surface area contributed by atoms with Crippen LogP contribution in [0.2, 0.25) is 0 Å². The van der Waals surface area contributed by atoms with Crippen molar-refractivity contribution in [2.45, 2.75) is 25.3 Å². The van der Waals surface area contributed by atoms with Gasteiger partial charge in [0.05, 0.1) is 11.1 Å². The van der Waals surface area contributed by atoms with Gasteiger partial charge in [-0.1, -0.05) is 24.3 Å². The topological polar surface area (TPSA) is 92.4 Å². The summed E-state index contributed by atoms with van der Waals surface area (Å²) in [6.45, 7) is 0. The first-order valence-corrected chi connectivity index (χ1v) is 7.55. The molecule has 1 unspecified atom stereocenters. The average molecular weight is 310 g/mol. The van der Waals surface area contributed by atoms with Crippen molar-refractivity contribution in [3.63, 3.8) is 0 Å². The molecule has 1 aliphatic rings. The van der Waals surface area contributed by atoms with Crippen molar-refractivity contribution in [1.29, 1.82) is 0 Å². The van der Waals surface area contributed by atoms with E-state index in [9.17, 15) is 14.7 Å². The van der Waals surface area contributed by atoms with E-state index in [-0.39, 0.29) is 17.2 Å². The molecule has 0 heterocycles. The maximum atomic E-state index is 11.8. The lowest BCUT2D eigenvalue weighted by atomic mass is 9.83. The molecule has 4 N–H and O–H groups in total. The van der Waals surface area contributed by atoms with Gasteiger partial charge in [-0.2, -0.15) is 0 Å². The predicted octanol–water partition coefficient (Wildman–Crippen LogP) is 2.45. The summed E-state index contributed by atoms with van der Waals surface area (Å²) < 4.78 is 0. The molecule has 0 saturated carbocycles. The summed E-state index contributed by atoms with van der Waals surface area (Å²) in [5.74, 6) is -1.81. The number of nitrogens with one attached hydrogen (secondary N) is 1. The molecule has 2 aromatic carbocycles. The number of fused-ring (bicyclic) bond motifs is 1. The zero-order chi connectivity index (χ0) is 16.4. The van der Waals surface area contributed by atoms with Gasteiger partial charge in [0.25, 0.3) is 0 Å². The minimum absolute atomic E-state index is 0.0170. The van der Waals surface area contributed by atoms with Crippen molar-refractivity contribution in [3.8, 4) is 0 Å². The highest BCUT2D eigenvalue weighted by molar-refractivity contribution is 6.05. The molecule has 0 saturated heterocycles. The van der Waals surface area contributed by atoms with Crippen molar-refractivity contribution in [2.24, 2.45) is 5.73 Å². The van der Waals surface area contributed by atoms with E-state index in [1.165, 1.54) is 6.07 Å². The van der Waals surface area contributed by atoms with Gasteiger partial charge in [0.15, 0.2) is 0 Å². The van der Waals surface area contributed by atoms with Crippen LogP contribution >= 0.6 is 0 Å². The lowest BCUT2D eigenvalue weighted by Crippen LogP contribution is -2.30. The molecule has 1 atom stereocenters. The van der Waals surface area contributed by atoms with Gasteiger partial charge in [-0.3, -0.25) is 4.79 Å². The zero-order valence-electron chi connectivity index (χ0n) is 12.6. The third-order valence-corrected chi connectivity index (χ3v) is 4.24. The molecule has 5 nitrogen and oxygen atoms in total. The van der Waals surface area contributed by atoms with E-state index >= 15 is 0 Å². The number of rotatable bonds is 4. The van der Waals surface area contributed by atoms with E-state index in [1.807, 2.05) is 30.3 Å². The van der Waals surface area contributed by atoms with Gasteiger partial charge in [0, 0.05) is 11.7 Å². The van der Waals surface area contributed by atoms with Crippen molar-refractivity contribution < 1.29 is 14.7 Å². The molecule has 1 amide bonds. The number of hydrogen-bond donors (Lipinski definition) is 3. The van der Waals surface area contributed by atoms with E-state index in [0.717, 1.165) is 29.7 Å². The van der Waals surface area contributed by atoms with Gasteiger partial charge in [0.1, 0.15) is 0 Å². The second-order valence-corrected chi connectivity index (χ2v) is 5.75. The fourth-order valence-corrected chi connectivity index (χ4v) is 3.19. The van der Waals surface area contributed by atoms with Crippen LogP contribution in [0.4, 0.5) is 5.69 Å². The summed E-state index contributed by atoms with van der Waals surface area (Å²) in [5, 5.41) is 12.7. The number of carbonyl (C=O) groups excluding carboxylic acids is 1. The van der Waals surface area contributed by atoms with Gasteiger partial charge in [-0.25, -0.2) is 4.79 Å². The summed E-state index contributed by atoms with van der Waals surface area (Å²) in [4.78, 5) is 23.2. The molecule has 23 heavy (non-hydrogen) atoms. The van der Waals surface area contributed by atoms with Crippen LogP contribution in [0.3, 0.4) is 0 Å². The van der Waals surface area contributed by atoms with Gasteiger partial charge in [-0.05, 0) is 48.6 Å². The molecular weight excluding hydrogens is 292 g/mol. The number of amides is 1. The largest absolute Gasteiger partial charge is 0.478 e. The fraction of sp³-hybridized carbons (Fsp3) is 0.222. The highest BCUT2D eigenvalue weighted by Crippen LogP contribution is 2.28. The van der Waals surface area contributed by atoms with Gasteiger partial charge in [-0.15, -0.1) is 0 Å². The van der Waals surface area contributed by atoms with Crippen molar-refractivity contribution in [3.05, 3.63) is 64.7 Å². The molecule has 0 radical (unpaired) electrons. The van der Waals surface area contributed by atoms with Crippen LogP contribution in [0.1, 0.15) is 38.3 Å². The van der Waals surface area contributed by atoms with Crippen LogP contribution in [0, 0.1) is 0 Å². The van der Waals surface area contributed by atoms with Crippen LogP contribution < -0.4 is 11.1 Å². The molecule has 0 fully saturated rings. The van der Waals surface area contributed by atoms with E-state index in [2.05, 4.69) is 5.32 Å².